The van der Waals surface area contributed by atoms with E-state index in [0.717, 1.165) is 24.3 Å². The van der Waals surface area contributed by atoms with Gasteiger partial charge in [-0.1, -0.05) is 6.92 Å². The average molecular weight is 340 g/mol. The van der Waals surface area contributed by atoms with Crippen molar-refractivity contribution in [2.24, 2.45) is 5.92 Å². The molecule has 0 bridgehead atoms. The number of nitrogens with two attached hydrogens (primary N) is 1. The summed E-state index contributed by atoms with van der Waals surface area (Å²) in [7, 11) is 3.16. The van der Waals surface area contributed by atoms with Crippen molar-refractivity contribution in [3.05, 3.63) is 41.3 Å². The largest absolute Gasteiger partial charge is 0.398 e. The highest BCUT2D eigenvalue weighted by molar-refractivity contribution is 6.00. The normalized spacial score (nSPS) is 23.3. The molecule has 3 N–H and O–H groups in total. The number of nitrogens with one attached hydrogen (secondary N) is 1. The maximum Gasteiger partial charge on any atom is 0.258 e. The van der Waals surface area contributed by atoms with Gasteiger partial charge in [-0.3, -0.25) is 4.79 Å². The van der Waals surface area contributed by atoms with E-state index in [1.807, 2.05) is 6.07 Å². The van der Waals surface area contributed by atoms with Crippen LogP contribution in [0.5, 0.6) is 0 Å². The number of anilines is 2. The quantitative estimate of drug-likeness (QED) is 0.825. The maximum atomic E-state index is 15.1. The molecule has 130 valence electrons. The number of nitrogen functional groups attached to an aromatic ring is 1. The van der Waals surface area contributed by atoms with Crippen molar-refractivity contribution in [1.82, 2.24) is 9.88 Å². The van der Waals surface area contributed by atoms with E-state index in [9.17, 15) is 4.79 Å². The Bertz CT molecular complexity index is 895. The van der Waals surface area contributed by atoms with E-state index in [1.165, 1.54) is 4.90 Å². The lowest BCUT2D eigenvalue weighted by Crippen LogP contribution is -2.24. The second kappa shape index (κ2) is 5.18. The van der Waals surface area contributed by atoms with Gasteiger partial charge in [-0.25, -0.2) is 9.37 Å². The molecule has 1 aromatic carbocycles. The van der Waals surface area contributed by atoms with Gasteiger partial charge in [0.25, 0.3) is 5.91 Å². The van der Waals surface area contributed by atoms with E-state index >= 15 is 4.39 Å². The van der Waals surface area contributed by atoms with E-state index in [0.29, 0.717) is 17.0 Å². The number of aromatic nitrogens is 1. The van der Waals surface area contributed by atoms with Crippen LogP contribution in [-0.4, -0.2) is 36.4 Å². The molecule has 2 atom stereocenters. The highest BCUT2D eigenvalue weighted by Gasteiger charge is 2.56. The molecule has 1 aromatic heterocycles. The van der Waals surface area contributed by atoms with Gasteiger partial charge < -0.3 is 16.0 Å². The third kappa shape index (κ3) is 2.20. The standard InChI is InChI=1S/C19H21FN4O/c1-10-7-19(10)9-23-17-13(19)6-11(8-22-17)12-4-5-14(21)15(16(12)20)18(25)24(2)3/h4-6,8,10H,7,9,21H2,1-3H3,(H,22,23). The first kappa shape index (κ1) is 15.9. The van der Waals surface area contributed by atoms with Gasteiger partial charge in [0.2, 0.25) is 0 Å². The summed E-state index contributed by atoms with van der Waals surface area (Å²) < 4.78 is 15.1. The van der Waals surface area contributed by atoms with Crippen LogP contribution in [0.25, 0.3) is 11.1 Å². The minimum atomic E-state index is -0.593. The van der Waals surface area contributed by atoms with Gasteiger partial charge in [0.15, 0.2) is 0 Å². The number of amides is 1. The number of hydrogen-bond acceptors (Lipinski definition) is 4. The fraction of sp³-hybridized carbons (Fsp3) is 0.368. The van der Waals surface area contributed by atoms with Crippen LogP contribution >= 0.6 is 0 Å². The minimum Gasteiger partial charge on any atom is -0.398 e. The van der Waals surface area contributed by atoms with E-state index in [4.69, 9.17) is 5.73 Å². The molecule has 2 heterocycles. The summed E-state index contributed by atoms with van der Waals surface area (Å²) in [4.78, 5) is 18.1. The van der Waals surface area contributed by atoms with Crippen molar-refractivity contribution in [3.8, 4) is 11.1 Å². The molecule has 4 rings (SSSR count). The summed E-state index contributed by atoms with van der Waals surface area (Å²) in [5, 5.41) is 3.34. The van der Waals surface area contributed by atoms with Crippen molar-refractivity contribution in [1.29, 1.82) is 0 Å². The van der Waals surface area contributed by atoms with Gasteiger partial charge in [0.05, 0.1) is 5.56 Å². The number of nitrogens with zero attached hydrogens (tertiary/aromatic N) is 2. The number of pyridine rings is 1. The van der Waals surface area contributed by atoms with Crippen LogP contribution in [0.1, 0.15) is 29.3 Å². The van der Waals surface area contributed by atoms with Crippen LogP contribution in [0, 0.1) is 11.7 Å². The van der Waals surface area contributed by atoms with Crippen LogP contribution in [0.4, 0.5) is 15.9 Å². The van der Waals surface area contributed by atoms with E-state index < -0.39 is 11.7 Å². The lowest BCUT2D eigenvalue weighted by atomic mass is 9.94. The topological polar surface area (TPSA) is 71.2 Å². The Hall–Kier alpha value is -2.63. The lowest BCUT2D eigenvalue weighted by molar-refractivity contribution is 0.0824. The van der Waals surface area contributed by atoms with Crippen molar-refractivity contribution in [3.63, 3.8) is 0 Å². The molecule has 25 heavy (non-hydrogen) atoms. The van der Waals surface area contributed by atoms with Crippen LogP contribution in [0.15, 0.2) is 24.4 Å². The Labute approximate surface area is 146 Å². The fourth-order valence-corrected chi connectivity index (χ4v) is 3.83. The summed E-state index contributed by atoms with van der Waals surface area (Å²) in [6.45, 7) is 3.11. The first-order valence-corrected chi connectivity index (χ1v) is 8.39. The van der Waals surface area contributed by atoms with Crippen LogP contribution in [-0.2, 0) is 5.41 Å². The molecule has 6 heteroatoms. The van der Waals surface area contributed by atoms with Gasteiger partial charge in [0.1, 0.15) is 11.6 Å². The Balaban J connectivity index is 1.83. The maximum absolute atomic E-state index is 15.1. The first-order valence-electron chi connectivity index (χ1n) is 8.39. The number of carbonyl (C=O) groups excluding carboxylic acids is 1. The molecule has 2 aliphatic rings. The molecule has 2 aromatic rings. The van der Waals surface area contributed by atoms with Gasteiger partial charge in [-0.05, 0) is 30.5 Å². The van der Waals surface area contributed by atoms with Gasteiger partial charge in [0, 0.05) is 54.6 Å². The number of hydrogen-bond donors (Lipinski definition) is 2. The third-order valence-corrected chi connectivity index (χ3v) is 5.55. The summed E-state index contributed by atoms with van der Waals surface area (Å²) in [6, 6.07) is 5.20. The molecule has 1 saturated carbocycles. The Morgan fingerprint density at radius 1 is 1.44 bits per heavy atom. The Kier molecular flexibility index (Phi) is 3.29. The fourth-order valence-electron chi connectivity index (χ4n) is 3.83. The molecule has 1 amide bonds. The van der Waals surface area contributed by atoms with E-state index in [-0.39, 0.29) is 16.7 Å². The molecular formula is C19H21FN4O. The van der Waals surface area contributed by atoms with Crippen molar-refractivity contribution < 1.29 is 9.18 Å². The lowest BCUT2D eigenvalue weighted by Gasteiger charge is -2.16. The van der Waals surface area contributed by atoms with Crippen molar-refractivity contribution in [2.75, 3.05) is 31.7 Å². The van der Waals surface area contributed by atoms with Crippen LogP contribution in [0.2, 0.25) is 0 Å². The molecule has 0 saturated heterocycles. The third-order valence-electron chi connectivity index (χ3n) is 5.55. The monoisotopic (exact) mass is 340 g/mol. The van der Waals surface area contributed by atoms with Crippen molar-refractivity contribution >= 4 is 17.4 Å². The number of benzene rings is 1. The van der Waals surface area contributed by atoms with Gasteiger partial charge in [-0.15, -0.1) is 0 Å². The first-order chi connectivity index (χ1) is 11.8. The smallest absolute Gasteiger partial charge is 0.258 e. The number of fused-ring (bicyclic) bond motifs is 2. The zero-order chi connectivity index (χ0) is 17.9. The highest BCUT2D eigenvalue weighted by Crippen LogP contribution is 2.58. The molecule has 1 fully saturated rings. The summed E-state index contributed by atoms with van der Waals surface area (Å²) >= 11 is 0. The van der Waals surface area contributed by atoms with Crippen LogP contribution < -0.4 is 11.1 Å². The number of halogens is 1. The summed E-state index contributed by atoms with van der Waals surface area (Å²) in [5.74, 6) is 0.443. The second-order valence-electron chi connectivity index (χ2n) is 7.33. The predicted molar refractivity (Wildman–Crippen MR) is 96.0 cm³/mol. The van der Waals surface area contributed by atoms with E-state index in [1.54, 1.807) is 32.4 Å². The molecular weight excluding hydrogens is 319 g/mol. The second-order valence-corrected chi connectivity index (χ2v) is 7.33. The highest BCUT2D eigenvalue weighted by atomic mass is 19.1. The van der Waals surface area contributed by atoms with Crippen molar-refractivity contribution in [2.45, 2.75) is 18.8 Å². The summed E-state index contributed by atoms with van der Waals surface area (Å²) in [6.07, 6.45) is 2.77. The molecule has 5 nitrogen and oxygen atoms in total. The molecule has 1 aliphatic carbocycles. The van der Waals surface area contributed by atoms with Gasteiger partial charge in [-0.2, -0.15) is 0 Å². The average Bonchev–Trinajstić information content (AvgIpc) is 3.09. The predicted octanol–water partition coefficient (Wildman–Crippen LogP) is 2.87. The zero-order valence-electron chi connectivity index (χ0n) is 14.6. The SMILES string of the molecule is CC1CC12CNc1ncc(-c3ccc(N)c(C(=O)N(C)C)c3F)cc12. The Morgan fingerprint density at radius 3 is 2.80 bits per heavy atom. The zero-order valence-corrected chi connectivity index (χ0v) is 14.6. The van der Waals surface area contributed by atoms with Crippen LogP contribution in [0.3, 0.4) is 0 Å². The molecule has 1 spiro atoms. The minimum absolute atomic E-state index is 0.0874. The number of rotatable bonds is 2. The number of carbonyl (C=O) groups is 1. The summed E-state index contributed by atoms with van der Waals surface area (Å²) in [5.41, 5.74) is 8.21. The molecule has 2 unspecified atom stereocenters. The molecule has 0 radical (unpaired) electrons. The Morgan fingerprint density at radius 2 is 2.16 bits per heavy atom. The van der Waals surface area contributed by atoms with E-state index in [2.05, 4.69) is 17.2 Å². The molecule has 1 aliphatic heterocycles. The van der Waals surface area contributed by atoms with Gasteiger partial charge >= 0.3 is 0 Å².